The Bertz CT molecular complexity index is 1240. The van der Waals surface area contributed by atoms with Gasteiger partial charge < -0.3 is 24.0 Å². The van der Waals surface area contributed by atoms with Crippen molar-refractivity contribution in [3.63, 3.8) is 0 Å². The molecule has 0 aromatic heterocycles. The van der Waals surface area contributed by atoms with Gasteiger partial charge in [0.15, 0.2) is 11.5 Å². The molecule has 5 rings (SSSR count). The number of carbonyl (C=O) groups excluding carboxylic acids is 1. The molecule has 1 unspecified atom stereocenters. The molecule has 0 spiro atoms. The van der Waals surface area contributed by atoms with E-state index in [2.05, 4.69) is 35.2 Å². The number of likely N-dealkylation sites (tertiary alicyclic amines) is 1. The number of hydrogen-bond donors (Lipinski definition) is 0. The standard InChI is InChI=1S/C30H36N2O4/c1-34-26-9-8-23-15-21(6-7-24(23)16-26)10-13-31-12-4-5-22(19-31)20-32-14-11-25-17-28(35-2)29(36-3)18-27(25)30(32)33/h6-9,15-18,22H,4-5,10-14,19-20H2,1-3H3. The van der Waals surface area contributed by atoms with E-state index < -0.39 is 0 Å². The largest absolute Gasteiger partial charge is 0.497 e. The monoisotopic (exact) mass is 488 g/mol. The Hall–Kier alpha value is -3.25. The lowest BCUT2D eigenvalue weighted by Crippen LogP contribution is -2.45. The molecule has 2 heterocycles. The summed E-state index contributed by atoms with van der Waals surface area (Å²) < 4.78 is 16.2. The maximum absolute atomic E-state index is 13.3. The number of ether oxygens (including phenoxy) is 3. The van der Waals surface area contributed by atoms with Crippen molar-refractivity contribution >= 4 is 16.7 Å². The molecule has 3 aromatic rings. The zero-order valence-electron chi connectivity index (χ0n) is 21.6. The molecule has 0 radical (unpaired) electrons. The predicted octanol–water partition coefficient (Wildman–Crippen LogP) is 4.82. The second kappa shape index (κ2) is 10.8. The normalized spacial score (nSPS) is 18.2. The van der Waals surface area contributed by atoms with Gasteiger partial charge in [-0.15, -0.1) is 0 Å². The minimum absolute atomic E-state index is 0.113. The number of methoxy groups -OCH3 is 3. The molecule has 3 aromatic carbocycles. The van der Waals surface area contributed by atoms with Crippen LogP contribution in [0.3, 0.4) is 0 Å². The first-order valence-electron chi connectivity index (χ1n) is 12.9. The third-order valence-electron chi connectivity index (χ3n) is 7.69. The molecule has 0 aliphatic carbocycles. The molecule has 2 aliphatic heterocycles. The summed E-state index contributed by atoms with van der Waals surface area (Å²) in [6, 6.07) is 16.8. The van der Waals surface area contributed by atoms with Crippen molar-refractivity contribution in [2.24, 2.45) is 5.92 Å². The van der Waals surface area contributed by atoms with Crippen molar-refractivity contribution in [2.45, 2.75) is 25.7 Å². The van der Waals surface area contributed by atoms with E-state index in [9.17, 15) is 4.79 Å². The summed E-state index contributed by atoms with van der Waals surface area (Å²) in [5.41, 5.74) is 3.16. The minimum atomic E-state index is 0.113. The molecule has 190 valence electrons. The van der Waals surface area contributed by atoms with E-state index in [1.165, 1.54) is 29.2 Å². The van der Waals surface area contributed by atoms with Crippen LogP contribution in [0.4, 0.5) is 0 Å². The average molecular weight is 489 g/mol. The number of hydrogen-bond acceptors (Lipinski definition) is 5. The van der Waals surface area contributed by atoms with Gasteiger partial charge in [-0.1, -0.05) is 24.3 Å². The number of carbonyl (C=O) groups is 1. The number of amides is 1. The molecule has 0 N–H and O–H groups in total. The van der Waals surface area contributed by atoms with Crippen LogP contribution in [0.2, 0.25) is 0 Å². The maximum Gasteiger partial charge on any atom is 0.254 e. The minimum Gasteiger partial charge on any atom is -0.497 e. The highest BCUT2D eigenvalue weighted by atomic mass is 16.5. The van der Waals surface area contributed by atoms with Gasteiger partial charge in [-0.3, -0.25) is 4.79 Å². The van der Waals surface area contributed by atoms with E-state index in [0.29, 0.717) is 17.4 Å². The van der Waals surface area contributed by atoms with Gasteiger partial charge >= 0.3 is 0 Å². The summed E-state index contributed by atoms with van der Waals surface area (Å²) in [5.74, 6) is 2.81. The Kier molecular flexibility index (Phi) is 7.33. The molecule has 2 aliphatic rings. The van der Waals surface area contributed by atoms with Crippen molar-refractivity contribution in [3.05, 3.63) is 65.2 Å². The summed E-state index contributed by atoms with van der Waals surface area (Å²) in [6.45, 7) is 4.81. The van der Waals surface area contributed by atoms with Crippen molar-refractivity contribution < 1.29 is 19.0 Å². The first-order chi connectivity index (χ1) is 17.6. The van der Waals surface area contributed by atoms with Crippen LogP contribution in [0.1, 0.15) is 34.3 Å². The van der Waals surface area contributed by atoms with Crippen molar-refractivity contribution in [1.82, 2.24) is 9.80 Å². The number of nitrogens with zero attached hydrogens (tertiary/aromatic N) is 2. The van der Waals surface area contributed by atoms with E-state index in [1.807, 2.05) is 23.1 Å². The van der Waals surface area contributed by atoms with Gasteiger partial charge in [0, 0.05) is 31.7 Å². The molecule has 36 heavy (non-hydrogen) atoms. The molecule has 1 fully saturated rings. The predicted molar refractivity (Wildman–Crippen MR) is 143 cm³/mol. The summed E-state index contributed by atoms with van der Waals surface area (Å²) in [5, 5.41) is 2.46. The van der Waals surface area contributed by atoms with Crippen molar-refractivity contribution in [1.29, 1.82) is 0 Å². The van der Waals surface area contributed by atoms with Crippen LogP contribution in [0, 0.1) is 5.92 Å². The maximum atomic E-state index is 13.3. The topological polar surface area (TPSA) is 51.2 Å². The lowest BCUT2D eigenvalue weighted by atomic mass is 9.93. The van der Waals surface area contributed by atoms with Gasteiger partial charge in [0.05, 0.1) is 21.3 Å². The first kappa shape index (κ1) is 24.4. The van der Waals surface area contributed by atoms with Crippen molar-refractivity contribution in [3.8, 4) is 17.2 Å². The Labute approximate surface area is 213 Å². The lowest BCUT2D eigenvalue weighted by molar-refractivity contribution is 0.0661. The van der Waals surface area contributed by atoms with Gasteiger partial charge in [-0.2, -0.15) is 0 Å². The summed E-state index contributed by atoms with van der Waals surface area (Å²) in [4.78, 5) is 17.9. The molecule has 6 nitrogen and oxygen atoms in total. The smallest absolute Gasteiger partial charge is 0.254 e. The molecule has 1 amide bonds. The highest BCUT2D eigenvalue weighted by Crippen LogP contribution is 2.34. The second-order valence-corrected chi connectivity index (χ2v) is 9.97. The SMILES string of the molecule is COc1ccc2cc(CCN3CCCC(CN4CCc5cc(OC)c(OC)cc5C4=O)C3)ccc2c1. The van der Waals surface area contributed by atoms with Crippen LogP contribution < -0.4 is 14.2 Å². The molecule has 6 heteroatoms. The van der Waals surface area contributed by atoms with E-state index in [1.54, 1.807) is 21.3 Å². The van der Waals surface area contributed by atoms with Gasteiger partial charge in [-0.25, -0.2) is 0 Å². The third-order valence-corrected chi connectivity index (χ3v) is 7.69. The molecule has 0 bridgehead atoms. The molecule has 1 atom stereocenters. The van der Waals surface area contributed by atoms with Crippen molar-refractivity contribution in [2.75, 3.05) is 54.1 Å². The lowest BCUT2D eigenvalue weighted by Gasteiger charge is -2.37. The van der Waals surface area contributed by atoms with Crippen LogP contribution >= 0.6 is 0 Å². The fraction of sp³-hybridized carbons (Fsp3) is 0.433. The molecule has 1 saturated heterocycles. The Morgan fingerprint density at radius 2 is 1.67 bits per heavy atom. The van der Waals surface area contributed by atoms with Gasteiger partial charge in [0.25, 0.3) is 5.91 Å². The van der Waals surface area contributed by atoms with E-state index in [0.717, 1.165) is 62.4 Å². The number of piperidine rings is 1. The first-order valence-corrected chi connectivity index (χ1v) is 12.9. The van der Waals surface area contributed by atoms with Crippen LogP contribution in [0.5, 0.6) is 17.2 Å². The zero-order chi connectivity index (χ0) is 25.1. The van der Waals surface area contributed by atoms with E-state index in [4.69, 9.17) is 14.2 Å². The summed E-state index contributed by atoms with van der Waals surface area (Å²) >= 11 is 0. The Morgan fingerprint density at radius 3 is 2.47 bits per heavy atom. The number of fused-ring (bicyclic) bond motifs is 2. The molecular formula is C30H36N2O4. The molecule has 0 saturated carbocycles. The van der Waals surface area contributed by atoms with Gasteiger partial charge in [0.1, 0.15) is 5.75 Å². The molecular weight excluding hydrogens is 452 g/mol. The second-order valence-electron chi connectivity index (χ2n) is 9.97. The quantitative estimate of drug-likeness (QED) is 0.455. The van der Waals surface area contributed by atoms with Crippen LogP contribution in [-0.4, -0.2) is 69.8 Å². The summed E-state index contributed by atoms with van der Waals surface area (Å²) in [6.07, 6.45) is 4.25. The fourth-order valence-electron chi connectivity index (χ4n) is 5.69. The summed E-state index contributed by atoms with van der Waals surface area (Å²) in [7, 11) is 4.95. The van der Waals surface area contributed by atoms with Gasteiger partial charge in [0.2, 0.25) is 0 Å². The van der Waals surface area contributed by atoms with Crippen LogP contribution in [0.15, 0.2) is 48.5 Å². The van der Waals surface area contributed by atoms with Crippen LogP contribution in [0.25, 0.3) is 10.8 Å². The number of benzene rings is 3. The van der Waals surface area contributed by atoms with E-state index >= 15 is 0 Å². The third kappa shape index (κ3) is 5.14. The Balaban J connectivity index is 1.18. The van der Waals surface area contributed by atoms with Gasteiger partial charge in [-0.05, 0) is 84.3 Å². The van der Waals surface area contributed by atoms with Crippen LogP contribution in [-0.2, 0) is 12.8 Å². The number of rotatable bonds is 8. The fourth-order valence-corrected chi connectivity index (χ4v) is 5.69. The zero-order valence-corrected chi connectivity index (χ0v) is 21.6. The highest BCUT2D eigenvalue weighted by molar-refractivity contribution is 5.97. The Morgan fingerprint density at radius 1 is 0.889 bits per heavy atom. The average Bonchev–Trinajstić information content (AvgIpc) is 2.92. The highest BCUT2D eigenvalue weighted by Gasteiger charge is 2.30. The van der Waals surface area contributed by atoms with E-state index in [-0.39, 0.29) is 5.91 Å².